The molecule has 1 atom stereocenters. The van der Waals surface area contributed by atoms with Gasteiger partial charge in [0.2, 0.25) is 0 Å². The van der Waals surface area contributed by atoms with E-state index in [0.29, 0.717) is 6.61 Å². The van der Waals surface area contributed by atoms with Crippen molar-refractivity contribution in [2.24, 2.45) is 0 Å². The Labute approximate surface area is 92.9 Å². The Bertz CT molecular complexity index is 262. The van der Waals surface area contributed by atoms with E-state index in [0.717, 1.165) is 5.56 Å². The summed E-state index contributed by atoms with van der Waals surface area (Å²) in [7, 11) is 1.59. The van der Waals surface area contributed by atoms with Gasteiger partial charge >= 0.3 is 0 Å². The monoisotopic (exact) mass is 210 g/mol. The molecule has 0 radical (unpaired) electrons. The molecular formula is C13H22O2. The van der Waals surface area contributed by atoms with Gasteiger partial charge in [-0.15, -0.1) is 0 Å². The van der Waals surface area contributed by atoms with Crippen molar-refractivity contribution in [2.45, 2.75) is 33.3 Å². The van der Waals surface area contributed by atoms with Crippen molar-refractivity contribution in [1.82, 2.24) is 0 Å². The van der Waals surface area contributed by atoms with Crippen LogP contribution in [0.3, 0.4) is 0 Å². The van der Waals surface area contributed by atoms with E-state index < -0.39 is 5.60 Å². The molecule has 0 saturated carbocycles. The van der Waals surface area contributed by atoms with Crippen LogP contribution in [0.15, 0.2) is 24.3 Å². The number of rotatable bonds is 3. The Balaban J connectivity index is 0.000000921. The zero-order chi connectivity index (χ0) is 11.9. The number of benzene rings is 1. The van der Waals surface area contributed by atoms with Crippen LogP contribution in [0.25, 0.3) is 0 Å². The highest BCUT2D eigenvalue weighted by Gasteiger charge is 2.22. The maximum Gasteiger partial charge on any atom is 0.110 e. The average molecular weight is 210 g/mol. The first-order valence-electron chi connectivity index (χ1n) is 5.35. The second-order valence-electron chi connectivity index (χ2n) is 3.57. The minimum absolute atomic E-state index is 0.316. The van der Waals surface area contributed by atoms with Crippen molar-refractivity contribution >= 4 is 0 Å². The van der Waals surface area contributed by atoms with Crippen LogP contribution in [0.4, 0.5) is 0 Å². The number of ether oxygens (including phenoxy) is 1. The zero-order valence-electron chi connectivity index (χ0n) is 10.4. The molecular weight excluding hydrogens is 188 g/mol. The summed E-state index contributed by atoms with van der Waals surface area (Å²) >= 11 is 0. The van der Waals surface area contributed by atoms with Crippen LogP contribution in [0, 0.1) is 6.92 Å². The number of aliphatic hydroxyl groups is 1. The maximum absolute atomic E-state index is 9.95. The van der Waals surface area contributed by atoms with Gasteiger partial charge < -0.3 is 9.84 Å². The second kappa shape index (κ2) is 6.59. The highest BCUT2D eigenvalue weighted by molar-refractivity contribution is 5.25. The van der Waals surface area contributed by atoms with Gasteiger partial charge in [-0.1, -0.05) is 43.7 Å². The second-order valence-corrected chi connectivity index (χ2v) is 3.57. The van der Waals surface area contributed by atoms with Gasteiger partial charge in [0.05, 0.1) is 6.61 Å². The van der Waals surface area contributed by atoms with Crippen molar-refractivity contribution in [3.63, 3.8) is 0 Å². The molecule has 1 rings (SSSR count). The number of hydrogen-bond donors (Lipinski definition) is 1. The summed E-state index contributed by atoms with van der Waals surface area (Å²) in [6.45, 7) is 8.09. The summed E-state index contributed by atoms with van der Waals surface area (Å²) in [6, 6.07) is 7.82. The fourth-order valence-corrected chi connectivity index (χ4v) is 1.28. The molecule has 0 aromatic heterocycles. The summed E-state index contributed by atoms with van der Waals surface area (Å²) in [6.07, 6.45) is 0. The Morgan fingerprint density at radius 1 is 1.20 bits per heavy atom. The van der Waals surface area contributed by atoms with Crippen LogP contribution in [0.2, 0.25) is 0 Å². The van der Waals surface area contributed by atoms with E-state index in [2.05, 4.69) is 0 Å². The van der Waals surface area contributed by atoms with Crippen molar-refractivity contribution < 1.29 is 9.84 Å². The Morgan fingerprint density at radius 3 is 2.07 bits per heavy atom. The molecule has 0 bridgehead atoms. The van der Waals surface area contributed by atoms with Crippen LogP contribution in [0.1, 0.15) is 31.9 Å². The first-order valence-corrected chi connectivity index (χ1v) is 5.35. The number of methoxy groups -OCH3 is 1. The summed E-state index contributed by atoms with van der Waals surface area (Å²) in [5.41, 5.74) is 1.19. The summed E-state index contributed by atoms with van der Waals surface area (Å²) < 4.78 is 4.94. The molecule has 1 unspecified atom stereocenters. The highest BCUT2D eigenvalue weighted by atomic mass is 16.5. The quantitative estimate of drug-likeness (QED) is 0.831. The standard InChI is InChI=1S/C11H16O2.C2H6/c1-9-4-6-10(7-5-9)11(2,12)8-13-3;1-2/h4-7,12H,8H2,1-3H3;1-2H3. The predicted octanol–water partition coefficient (Wildman–Crippen LogP) is 2.88. The first-order chi connectivity index (χ1) is 7.06. The topological polar surface area (TPSA) is 29.5 Å². The lowest BCUT2D eigenvalue weighted by molar-refractivity contribution is -0.0208. The van der Waals surface area contributed by atoms with E-state index in [4.69, 9.17) is 4.74 Å². The fraction of sp³-hybridized carbons (Fsp3) is 0.538. The Hall–Kier alpha value is -0.860. The first kappa shape index (κ1) is 14.1. The average Bonchev–Trinajstić information content (AvgIpc) is 2.21. The summed E-state index contributed by atoms with van der Waals surface area (Å²) in [4.78, 5) is 0. The summed E-state index contributed by atoms with van der Waals surface area (Å²) in [5, 5.41) is 9.95. The molecule has 2 nitrogen and oxygen atoms in total. The van der Waals surface area contributed by atoms with Crippen LogP contribution < -0.4 is 0 Å². The molecule has 86 valence electrons. The van der Waals surface area contributed by atoms with Crippen LogP contribution in [0.5, 0.6) is 0 Å². The van der Waals surface area contributed by atoms with Gasteiger partial charge in [-0.05, 0) is 19.4 Å². The molecule has 0 amide bonds. The number of aryl methyl sites for hydroxylation is 1. The third kappa shape index (κ3) is 4.45. The van der Waals surface area contributed by atoms with E-state index >= 15 is 0 Å². The van der Waals surface area contributed by atoms with Crippen molar-refractivity contribution in [3.8, 4) is 0 Å². The normalized spacial score (nSPS) is 13.7. The molecule has 0 spiro atoms. The lowest BCUT2D eigenvalue weighted by Gasteiger charge is -2.22. The van der Waals surface area contributed by atoms with Gasteiger partial charge in [-0.25, -0.2) is 0 Å². The Kier molecular flexibility index (Phi) is 6.21. The highest BCUT2D eigenvalue weighted by Crippen LogP contribution is 2.20. The van der Waals surface area contributed by atoms with Crippen LogP contribution >= 0.6 is 0 Å². The molecule has 0 aliphatic rings. The van der Waals surface area contributed by atoms with E-state index in [1.165, 1.54) is 5.56 Å². The molecule has 0 saturated heterocycles. The lowest BCUT2D eigenvalue weighted by Crippen LogP contribution is -2.26. The maximum atomic E-state index is 9.95. The van der Waals surface area contributed by atoms with Crippen molar-refractivity contribution in [1.29, 1.82) is 0 Å². The van der Waals surface area contributed by atoms with Crippen LogP contribution in [-0.4, -0.2) is 18.8 Å². The third-order valence-electron chi connectivity index (χ3n) is 2.10. The molecule has 0 heterocycles. The lowest BCUT2D eigenvalue weighted by atomic mass is 9.96. The van der Waals surface area contributed by atoms with E-state index in [1.54, 1.807) is 14.0 Å². The van der Waals surface area contributed by atoms with Crippen molar-refractivity contribution in [3.05, 3.63) is 35.4 Å². The predicted molar refractivity (Wildman–Crippen MR) is 64.0 cm³/mol. The van der Waals surface area contributed by atoms with Gasteiger partial charge in [0.25, 0.3) is 0 Å². The SMILES string of the molecule is CC.COCC(C)(O)c1ccc(C)cc1. The van der Waals surface area contributed by atoms with Gasteiger partial charge in [0, 0.05) is 7.11 Å². The third-order valence-corrected chi connectivity index (χ3v) is 2.10. The molecule has 0 aliphatic carbocycles. The summed E-state index contributed by atoms with van der Waals surface area (Å²) in [5.74, 6) is 0. The van der Waals surface area contributed by atoms with E-state index in [-0.39, 0.29) is 0 Å². The minimum Gasteiger partial charge on any atom is -0.383 e. The molecule has 0 fully saturated rings. The molecule has 2 heteroatoms. The van der Waals surface area contributed by atoms with Crippen LogP contribution in [-0.2, 0) is 10.3 Å². The molecule has 1 N–H and O–H groups in total. The Morgan fingerprint density at radius 2 is 1.67 bits per heavy atom. The minimum atomic E-state index is -0.886. The molecule has 1 aromatic carbocycles. The largest absolute Gasteiger partial charge is 0.383 e. The molecule has 0 aliphatic heterocycles. The molecule has 15 heavy (non-hydrogen) atoms. The smallest absolute Gasteiger partial charge is 0.110 e. The fourth-order valence-electron chi connectivity index (χ4n) is 1.28. The molecule has 1 aromatic rings. The van der Waals surface area contributed by atoms with Gasteiger partial charge in [0.1, 0.15) is 5.60 Å². The van der Waals surface area contributed by atoms with Gasteiger partial charge in [-0.2, -0.15) is 0 Å². The number of hydrogen-bond acceptors (Lipinski definition) is 2. The van der Waals surface area contributed by atoms with Gasteiger partial charge in [-0.3, -0.25) is 0 Å². The zero-order valence-corrected chi connectivity index (χ0v) is 10.4. The van der Waals surface area contributed by atoms with Gasteiger partial charge in [0.15, 0.2) is 0 Å². The van der Waals surface area contributed by atoms with Crippen molar-refractivity contribution in [2.75, 3.05) is 13.7 Å². The van der Waals surface area contributed by atoms with E-state index in [1.807, 2.05) is 45.0 Å². The van der Waals surface area contributed by atoms with E-state index in [9.17, 15) is 5.11 Å².